The quantitative estimate of drug-likeness (QED) is 0.829. The summed E-state index contributed by atoms with van der Waals surface area (Å²) in [5.74, 6) is 0.731. The van der Waals surface area contributed by atoms with Crippen LogP contribution in [0.5, 0.6) is 5.75 Å². The van der Waals surface area contributed by atoms with Gasteiger partial charge in [0.2, 0.25) is 0 Å². The largest absolute Gasteiger partial charge is 0.496 e. The van der Waals surface area contributed by atoms with E-state index in [1.165, 1.54) is 0 Å². The van der Waals surface area contributed by atoms with Gasteiger partial charge in [0.15, 0.2) is 0 Å². The number of hydrogen-bond acceptors (Lipinski definition) is 4. The number of ether oxygens (including phenoxy) is 1. The van der Waals surface area contributed by atoms with Gasteiger partial charge in [-0.25, -0.2) is 0 Å². The number of fused-ring (bicyclic) bond motifs is 1. The van der Waals surface area contributed by atoms with Gasteiger partial charge < -0.3 is 14.5 Å². The first-order valence-electron chi connectivity index (χ1n) is 8.30. The van der Waals surface area contributed by atoms with E-state index in [1.54, 1.807) is 7.11 Å². The van der Waals surface area contributed by atoms with Crippen LogP contribution in [0.2, 0.25) is 0 Å². The molecule has 3 rings (SSSR count). The first kappa shape index (κ1) is 16.3. The molecule has 0 aromatic heterocycles. The Morgan fingerprint density at radius 3 is 2.70 bits per heavy atom. The number of para-hydroxylation sites is 1. The molecular formula is C18H27N3O2. The van der Waals surface area contributed by atoms with Crippen molar-refractivity contribution in [3.63, 3.8) is 0 Å². The zero-order valence-corrected chi connectivity index (χ0v) is 14.6. The number of methoxy groups -OCH3 is 1. The number of hydrogen-bond donors (Lipinski definition) is 0. The van der Waals surface area contributed by atoms with Crippen molar-refractivity contribution in [2.24, 2.45) is 0 Å². The van der Waals surface area contributed by atoms with E-state index in [1.807, 2.05) is 29.2 Å². The van der Waals surface area contributed by atoms with Crippen LogP contribution in [-0.2, 0) is 0 Å². The molecule has 0 unspecified atom stereocenters. The molecule has 0 aliphatic carbocycles. The molecule has 0 spiro atoms. The van der Waals surface area contributed by atoms with Crippen molar-refractivity contribution < 1.29 is 9.53 Å². The Bertz CT molecular complexity index is 587. The number of carbonyl (C=O) groups excluding carboxylic acids is 1. The van der Waals surface area contributed by atoms with Crippen LogP contribution in [-0.4, -0.2) is 79.1 Å². The van der Waals surface area contributed by atoms with Gasteiger partial charge in [0, 0.05) is 44.3 Å². The molecule has 2 aliphatic rings. The lowest BCUT2D eigenvalue weighted by molar-refractivity contribution is -0.0518. The second-order valence-corrected chi connectivity index (χ2v) is 7.31. The Kier molecular flexibility index (Phi) is 4.34. The van der Waals surface area contributed by atoms with Crippen LogP contribution in [0.15, 0.2) is 24.3 Å². The lowest BCUT2D eigenvalue weighted by Gasteiger charge is -2.55. The summed E-state index contributed by atoms with van der Waals surface area (Å²) in [6.45, 7) is 9.18. The van der Waals surface area contributed by atoms with E-state index in [9.17, 15) is 4.79 Å². The van der Waals surface area contributed by atoms with Crippen LogP contribution >= 0.6 is 0 Å². The monoisotopic (exact) mass is 317 g/mol. The molecule has 1 aromatic carbocycles. The summed E-state index contributed by atoms with van der Waals surface area (Å²) in [7, 11) is 3.78. The van der Waals surface area contributed by atoms with E-state index in [0.717, 1.165) is 32.7 Å². The molecule has 2 fully saturated rings. The fraction of sp³-hybridized carbons (Fsp3) is 0.611. The molecule has 2 heterocycles. The molecule has 126 valence electrons. The van der Waals surface area contributed by atoms with E-state index in [2.05, 4.69) is 30.7 Å². The first-order chi connectivity index (χ1) is 10.9. The molecular weight excluding hydrogens is 290 g/mol. The Hall–Kier alpha value is -1.59. The molecule has 2 aliphatic heterocycles. The summed E-state index contributed by atoms with van der Waals surface area (Å²) < 4.78 is 5.35. The maximum Gasteiger partial charge on any atom is 0.257 e. The summed E-state index contributed by atoms with van der Waals surface area (Å²) in [4.78, 5) is 19.8. The first-order valence-corrected chi connectivity index (χ1v) is 8.30. The normalized spacial score (nSPS) is 25.0. The molecule has 1 aromatic rings. The zero-order valence-electron chi connectivity index (χ0n) is 14.6. The number of amides is 1. The van der Waals surface area contributed by atoms with Gasteiger partial charge >= 0.3 is 0 Å². The van der Waals surface area contributed by atoms with Gasteiger partial charge in [-0.2, -0.15) is 0 Å². The van der Waals surface area contributed by atoms with E-state index in [-0.39, 0.29) is 11.4 Å². The van der Waals surface area contributed by atoms with Crippen molar-refractivity contribution in [3.8, 4) is 5.75 Å². The Balaban J connectivity index is 1.77. The SMILES string of the molecule is COc1ccccc1C(=O)N1CCN2[C@H](CN(C)CC2(C)C)C1. The average molecular weight is 317 g/mol. The Labute approximate surface area is 138 Å². The molecule has 0 N–H and O–H groups in total. The smallest absolute Gasteiger partial charge is 0.257 e. The predicted molar refractivity (Wildman–Crippen MR) is 91.0 cm³/mol. The lowest BCUT2D eigenvalue weighted by Crippen LogP contribution is -2.69. The summed E-state index contributed by atoms with van der Waals surface area (Å²) in [6.07, 6.45) is 0. The van der Waals surface area contributed by atoms with Gasteiger partial charge in [-0.05, 0) is 33.0 Å². The van der Waals surface area contributed by atoms with E-state index in [4.69, 9.17) is 4.74 Å². The predicted octanol–water partition coefficient (Wildman–Crippen LogP) is 1.55. The van der Waals surface area contributed by atoms with Crippen LogP contribution in [0.1, 0.15) is 24.2 Å². The van der Waals surface area contributed by atoms with Crippen LogP contribution in [0.25, 0.3) is 0 Å². The van der Waals surface area contributed by atoms with Crippen molar-refractivity contribution in [1.29, 1.82) is 0 Å². The number of nitrogens with zero attached hydrogens (tertiary/aromatic N) is 3. The topological polar surface area (TPSA) is 36.0 Å². The highest BCUT2D eigenvalue weighted by molar-refractivity contribution is 5.97. The third-order valence-electron chi connectivity index (χ3n) is 5.06. The lowest BCUT2D eigenvalue weighted by atomic mass is 9.93. The van der Waals surface area contributed by atoms with Crippen LogP contribution in [0.4, 0.5) is 0 Å². The number of likely N-dealkylation sites (N-methyl/N-ethyl adjacent to an activating group) is 1. The van der Waals surface area contributed by atoms with Crippen molar-refractivity contribution >= 4 is 5.91 Å². The molecule has 1 amide bonds. The van der Waals surface area contributed by atoms with Crippen LogP contribution in [0, 0.1) is 0 Å². The molecule has 1 atom stereocenters. The van der Waals surface area contributed by atoms with Crippen molar-refractivity contribution in [2.75, 3.05) is 46.9 Å². The number of carbonyl (C=O) groups is 1. The van der Waals surface area contributed by atoms with E-state index < -0.39 is 0 Å². The number of benzene rings is 1. The fourth-order valence-corrected chi connectivity index (χ4v) is 4.16. The van der Waals surface area contributed by atoms with E-state index >= 15 is 0 Å². The van der Waals surface area contributed by atoms with E-state index in [0.29, 0.717) is 17.4 Å². The van der Waals surface area contributed by atoms with Gasteiger partial charge in [-0.15, -0.1) is 0 Å². The molecule has 23 heavy (non-hydrogen) atoms. The van der Waals surface area contributed by atoms with Crippen molar-refractivity contribution in [2.45, 2.75) is 25.4 Å². The minimum atomic E-state index is 0.0770. The highest BCUT2D eigenvalue weighted by Crippen LogP contribution is 2.28. The number of rotatable bonds is 2. The third kappa shape index (κ3) is 3.08. The van der Waals surface area contributed by atoms with Gasteiger partial charge in [-0.3, -0.25) is 9.69 Å². The average Bonchev–Trinajstić information content (AvgIpc) is 2.52. The van der Waals surface area contributed by atoms with Gasteiger partial charge in [0.05, 0.1) is 12.7 Å². The number of piperazine rings is 2. The minimum Gasteiger partial charge on any atom is -0.496 e. The van der Waals surface area contributed by atoms with Gasteiger partial charge in [0.25, 0.3) is 5.91 Å². The maximum atomic E-state index is 12.9. The molecule has 0 bridgehead atoms. The second-order valence-electron chi connectivity index (χ2n) is 7.31. The zero-order chi connectivity index (χ0) is 16.6. The molecule has 0 saturated carbocycles. The summed E-state index contributed by atoms with van der Waals surface area (Å²) in [6, 6.07) is 7.89. The third-order valence-corrected chi connectivity index (χ3v) is 5.06. The summed E-state index contributed by atoms with van der Waals surface area (Å²) in [5.41, 5.74) is 0.823. The minimum absolute atomic E-state index is 0.0770. The standard InChI is InChI=1S/C18H27N3O2/c1-18(2)13-19(3)11-14-12-20(9-10-21(14)18)17(22)15-7-5-6-8-16(15)23-4/h5-8,14H,9-13H2,1-4H3/t14-/m1/s1. The second kappa shape index (κ2) is 6.13. The molecule has 5 heteroatoms. The van der Waals surface area contributed by atoms with Crippen molar-refractivity contribution in [1.82, 2.24) is 14.7 Å². The van der Waals surface area contributed by atoms with Gasteiger partial charge in [-0.1, -0.05) is 12.1 Å². The molecule has 0 radical (unpaired) electrons. The van der Waals surface area contributed by atoms with Crippen LogP contribution < -0.4 is 4.74 Å². The highest BCUT2D eigenvalue weighted by Gasteiger charge is 2.42. The molecule has 2 saturated heterocycles. The highest BCUT2D eigenvalue weighted by atomic mass is 16.5. The molecule has 5 nitrogen and oxygen atoms in total. The fourth-order valence-electron chi connectivity index (χ4n) is 4.16. The summed E-state index contributed by atoms with van der Waals surface area (Å²) in [5, 5.41) is 0. The maximum absolute atomic E-state index is 12.9. The van der Waals surface area contributed by atoms with Crippen molar-refractivity contribution in [3.05, 3.63) is 29.8 Å². The summed E-state index contributed by atoms with van der Waals surface area (Å²) >= 11 is 0. The Morgan fingerprint density at radius 1 is 1.22 bits per heavy atom. The van der Waals surface area contributed by atoms with Crippen LogP contribution in [0.3, 0.4) is 0 Å². The van der Waals surface area contributed by atoms with Gasteiger partial charge in [0.1, 0.15) is 5.75 Å². The Morgan fingerprint density at radius 2 is 1.96 bits per heavy atom.